The van der Waals surface area contributed by atoms with Crippen molar-refractivity contribution in [1.29, 1.82) is 0 Å². The molecule has 0 aliphatic heterocycles. The van der Waals surface area contributed by atoms with Crippen molar-refractivity contribution in [3.05, 3.63) is 57.9 Å². The summed E-state index contributed by atoms with van der Waals surface area (Å²) in [7, 11) is 1.39. The first-order chi connectivity index (χ1) is 11.0. The first kappa shape index (κ1) is 15.7. The monoisotopic (exact) mass is 353 g/mol. The average molecular weight is 354 g/mol. The van der Waals surface area contributed by atoms with Crippen molar-refractivity contribution < 1.29 is 18.3 Å². The molecule has 1 amide bonds. The Kier molecular flexibility index (Phi) is 4.19. The molecule has 1 aromatic heterocycles. The lowest BCUT2D eigenvalue weighted by atomic mass is 10.2. The molecule has 1 N–H and O–H groups in total. The van der Waals surface area contributed by atoms with Crippen LogP contribution in [0, 0.1) is 11.6 Å². The van der Waals surface area contributed by atoms with Gasteiger partial charge in [0, 0.05) is 15.1 Å². The molecule has 0 spiro atoms. The van der Waals surface area contributed by atoms with Gasteiger partial charge in [0.2, 0.25) is 0 Å². The number of thiophene rings is 1. The van der Waals surface area contributed by atoms with E-state index < -0.39 is 17.5 Å². The quantitative estimate of drug-likeness (QED) is 0.712. The van der Waals surface area contributed by atoms with Crippen LogP contribution in [0.1, 0.15) is 9.67 Å². The van der Waals surface area contributed by atoms with E-state index in [-0.39, 0.29) is 21.3 Å². The molecular weight excluding hydrogens is 344 g/mol. The van der Waals surface area contributed by atoms with Gasteiger partial charge < -0.3 is 10.1 Å². The average Bonchev–Trinajstić information content (AvgIpc) is 2.87. The molecule has 0 unspecified atom stereocenters. The van der Waals surface area contributed by atoms with E-state index in [2.05, 4.69) is 5.32 Å². The zero-order chi connectivity index (χ0) is 16.6. The van der Waals surface area contributed by atoms with Gasteiger partial charge >= 0.3 is 0 Å². The van der Waals surface area contributed by atoms with Crippen LogP contribution >= 0.6 is 22.9 Å². The largest absolute Gasteiger partial charge is 0.494 e. The molecule has 3 nitrogen and oxygen atoms in total. The van der Waals surface area contributed by atoms with Crippen LogP contribution in [-0.4, -0.2) is 13.0 Å². The fourth-order valence-electron chi connectivity index (χ4n) is 2.17. The highest BCUT2D eigenvalue weighted by atomic mass is 35.5. The molecular formula is C16H10ClF2NO2S. The van der Waals surface area contributed by atoms with Gasteiger partial charge in [-0.1, -0.05) is 11.6 Å². The summed E-state index contributed by atoms with van der Waals surface area (Å²) in [5.74, 6) is -1.35. The lowest BCUT2D eigenvalue weighted by Crippen LogP contribution is -2.12. The van der Waals surface area contributed by atoms with Crippen molar-refractivity contribution in [3.63, 3.8) is 0 Å². The predicted molar refractivity (Wildman–Crippen MR) is 87.7 cm³/mol. The number of hydrogen-bond donors (Lipinski definition) is 1. The number of ether oxygens (including phenoxy) is 1. The van der Waals surface area contributed by atoms with Crippen LogP contribution in [0.4, 0.5) is 14.5 Å². The number of fused-ring (bicyclic) bond motifs is 1. The Bertz CT molecular complexity index is 910. The number of rotatable bonds is 3. The Labute approximate surface area is 139 Å². The molecule has 0 aliphatic carbocycles. The van der Waals surface area contributed by atoms with Gasteiger partial charge in [-0.2, -0.15) is 0 Å². The minimum absolute atomic E-state index is 0.00471. The summed E-state index contributed by atoms with van der Waals surface area (Å²) >= 11 is 6.82. The number of halogens is 3. The van der Waals surface area contributed by atoms with Crippen molar-refractivity contribution in [2.75, 3.05) is 12.4 Å². The van der Waals surface area contributed by atoms with Gasteiger partial charge in [-0.25, -0.2) is 8.78 Å². The summed E-state index contributed by atoms with van der Waals surface area (Å²) < 4.78 is 33.1. The summed E-state index contributed by atoms with van der Waals surface area (Å²) in [4.78, 5) is 12.6. The first-order valence-corrected chi connectivity index (χ1v) is 7.71. The standard InChI is InChI=1S/C16H10ClF2NO2S/c1-22-14-10-7-9(18)3-5-13(10)23-15(14)16(21)20-12-4-2-8(17)6-11(12)19/h2-7H,1H3,(H,20,21). The maximum atomic E-state index is 13.8. The molecule has 0 bridgehead atoms. The van der Waals surface area contributed by atoms with Crippen molar-refractivity contribution in [1.82, 2.24) is 0 Å². The Morgan fingerprint density at radius 2 is 2.00 bits per heavy atom. The number of methoxy groups -OCH3 is 1. The minimum atomic E-state index is -0.642. The highest BCUT2D eigenvalue weighted by Crippen LogP contribution is 2.38. The van der Waals surface area contributed by atoms with Crippen molar-refractivity contribution in [2.24, 2.45) is 0 Å². The van der Waals surface area contributed by atoms with E-state index in [1.54, 1.807) is 6.07 Å². The summed E-state index contributed by atoms with van der Waals surface area (Å²) in [6.45, 7) is 0. The molecule has 0 saturated heterocycles. The number of carbonyl (C=O) groups excluding carboxylic acids is 1. The van der Waals surface area contributed by atoms with E-state index in [9.17, 15) is 13.6 Å². The number of amides is 1. The van der Waals surface area contributed by atoms with Gasteiger partial charge in [-0.3, -0.25) is 4.79 Å². The van der Waals surface area contributed by atoms with Crippen molar-refractivity contribution >= 4 is 44.6 Å². The van der Waals surface area contributed by atoms with Gasteiger partial charge in [0.05, 0.1) is 12.8 Å². The molecule has 3 rings (SSSR count). The van der Waals surface area contributed by atoms with E-state index in [1.165, 1.54) is 31.4 Å². The van der Waals surface area contributed by atoms with Crippen LogP contribution in [0.3, 0.4) is 0 Å². The second-order valence-electron chi connectivity index (χ2n) is 4.68. The second kappa shape index (κ2) is 6.14. The molecule has 23 heavy (non-hydrogen) atoms. The van der Waals surface area contributed by atoms with Crippen LogP contribution in [0.5, 0.6) is 5.75 Å². The molecule has 0 aliphatic rings. The Morgan fingerprint density at radius 1 is 1.22 bits per heavy atom. The molecule has 7 heteroatoms. The maximum Gasteiger partial charge on any atom is 0.269 e. The normalized spacial score (nSPS) is 10.8. The summed E-state index contributed by atoms with van der Waals surface area (Å²) in [6, 6.07) is 8.11. The van der Waals surface area contributed by atoms with E-state index >= 15 is 0 Å². The van der Waals surface area contributed by atoms with Crippen molar-refractivity contribution in [3.8, 4) is 5.75 Å². The van der Waals surface area contributed by atoms with Crippen molar-refractivity contribution in [2.45, 2.75) is 0 Å². The summed E-state index contributed by atoms with van der Waals surface area (Å²) in [5, 5.41) is 3.20. The maximum absolute atomic E-state index is 13.8. The van der Waals surface area contributed by atoms with E-state index in [4.69, 9.17) is 16.3 Å². The fourth-order valence-corrected chi connectivity index (χ4v) is 3.38. The lowest BCUT2D eigenvalue weighted by Gasteiger charge is -2.07. The Balaban J connectivity index is 2.00. The molecule has 118 valence electrons. The number of nitrogens with one attached hydrogen (secondary N) is 1. The van der Waals surface area contributed by atoms with Gasteiger partial charge in [-0.15, -0.1) is 11.3 Å². The zero-order valence-electron chi connectivity index (χ0n) is 11.8. The number of carbonyl (C=O) groups is 1. The van der Waals surface area contributed by atoms with E-state index in [0.29, 0.717) is 10.1 Å². The van der Waals surface area contributed by atoms with Gasteiger partial charge in [0.15, 0.2) is 0 Å². The van der Waals surface area contributed by atoms with Crippen LogP contribution in [0.2, 0.25) is 5.02 Å². The zero-order valence-corrected chi connectivity index (χ0v) is 13.4. The highest BCUT2D eigenvalue weighted by molar-refractivity contribution is 7.21. The minimum Gasteiger partial charge on any atom is -0.494 e. The van der Waals surface area contributed by atoms with Crippen LogP contribution in [-0.2, 0) is 0 Å². The number of anilines is 1. The Hall–Kier alpha value is -2.18. The SMILES string of the molecule is COc1c(C(=O)Nc2ccc(Cl)cc2F)sc2ccc(F)cc12. The van der Waals surface area contributed by atoms with Gasteiger partial charge in [0.1, 0.15) is 22.3 Å². The molecule has 0 saturated carbocycles. The molecule has 0 fully saturated rings. The molecule has 0 atom stereocenters. The second-order valence-corrected chi connectivity index (χ2v) is 6.17. The highest BCUT2D eigenvalue weighted by Gasteiger charge is 2.20. The Morgan fingerprint density at radius 3 is 2.70 bits per heavy atom. The van der Waals surface area contributed by atoms with E-state index in [0.717, 1.165) is 17.4 Å². The molecule has 1 heterocycles. The first-order valence-electron chi connectivity index (χ1n) is 6.52. The topological polar surface area (TPSA) is 38.3 Å². The molecule has 2 aromatic carbocycles. The summed E-state index contributed by atoms with van der Waals surface area (Å²) in [5.41, 5.74) is 0.00471. The smallest absolute Gasteiger partial charge is 0.269 e. The molecule has 3 aromatic rings. The third-order valence-corrected chi connectivity index (χ3v) is 4.58. The fraction of sp³-hybridized carbons (Fsp3) is 0.0625. The van der Waals surface area contributed by atoms with Crippen LogP contribution in [0.15, 0.2) is 36.4 Å². The number of benzene rings is 2. The lowest BCUT2D eigenvalue weighted by molar-refractivity contribution is 0.102. The third kappa shape index (κ3) is 3.00. The molecule has 0 radical (unpaired) electrons. The predicted octanol–water partition coefficient (Wildman–Crippen LogP) is 5.09. The third-order valence-electron chi connectivity index (χ3n) is 3.19. The van der Waals surface area contributed by atoms with Crippen LogP contribution < -0.4 is 10.1 Å². The van der Waals surface area contributed by atoms with E-state index in [1.807, 2.05) is 0 Å². The number of hydrogen-bond acceptors (Lipinski definition) is 3. The van der Waals surface area contributed by atoms with Gasteiger partial charge in [0.25, 0.3) is 5.91 Å². The summed E-state index contributed by atoms with van der Waals surface area (Å²) in [6.07, 6.45) is 0. The van der Waals surface area contributed by atoms with Crippen LogP contribution in [0.25, 0.3) is 10.1 Å². The van der Waals surface area contributed by atoms with Gasteiger partial charge in [-0.05, 0) is 36.4 Å².